The lowest BCUT2D eigenvalue weighted by atomic mass is 9.73. The molecule has 0 saturated heterocycles. The van der Waals surface area contributed by atoms with E-state index in [0.717, 1.165) is 6.42 Å². The Morgan fingerprint density at radius 2 is 0.846 bits per heavy atom. The molecule has 26 heavy (non-hydrogen) atoms. The fourth-order valence-corrected chi connectivity index (χ4v) is 4.11. The number of unbranched alkanes of at least 4 members (excludes halogenated alkanes) is 13. The highest BCUT2D eigenvalue weighted by Gasteiger charge is 2.37. The highest BCUT2D eigenvalue weighted by molar-refractivity contribution is 6.24. The third-order valence-corrected chi connectivity index (χ3v) is 6.99. The fourth-order valence-electron chi connectivity index (χ4n) is 3.83. The molecule has 0 bridgehead atoms. The van der Waals surface area contributed by atoms with E-state index in [1.165, 1.54) is 103 Å². The standard InChI is InChI=1S/C24H49Cl.H3N/c1-6-8-9-10-11-12-13-14-15-16-17-18-19-20-22-23(3,4)24(5,25)21-7-2;/h6-22H2,1-5H3;1H3. The van der Waals surface area contributed by atoms with E-state index in [1.54, 1.807) is 0 Å². The van der Waals surface area contributed by atoms with Crippen LogP contribution in [0.5, 0.6) is 0 Å². The zero-order chi connectivity index (χ0) is 19.0. The first-order valence-electron chi connectivity index (χ1n) is 11.6. The Bertz CT molecular complexity index is 286. The molecule has 0 aliphatic heterocycles. The van der Waals surface area contributed by atoms with Crippen molar-refractivity contribution >= 4 is 11.6 Å². The van der Waals surface area contributed by atoms with Crippen LogP contribution in [0.25, 0.3) is 0 Å². The molecular weight excluding hydrogens is 338 g/mol. The second-order valence-corrected chi connectivity index (χ2v) is 10.0. The van der Waals surface area contributed by atoms with Gasteiger partial charge in [-0.2, -0.15) is 0 Å². The molecule has 0 rings (SSSR count). The minimum Gasteiger partial charge on any atom is -0.344 e. The molecule has 0 aliphatic rings. The highest BCUT2D eigenvalue weighted by atomic mass is 35.5. The molecule has 0 amide bonds. The highest BCUT2D eigenvalue weighted by Crippen LogP contribution is 2.43. The molecular formula is C24H52ClN. The van der Waals surface area contributed by atoms with Crippen LogP contribution in [-0.4, -0.2) is 4.87 Å². The van der Waals surface area contributed by atoms with Gasteiger partial charge in [0.05, 0.1) is 0 Å². The van der Waals surface area contributed by atoms with Crippen molar-refractivity contribution in [3.63, 3.8) is 0 Å². The zero-order valence-corrected chi connectivity index (χ0v) is 19.9. The monoisotopic (exact) mass is 389 g/mol. The van der Waals surface area contributed by atoms with Gasteiger partial charge in [0.25, 0.3) is 0 Å². The van der Waals surface area contributed by atoms with Crippen molar-refractivity contribution in [2.75, 3.05) is 0 Å². The number of hydrogen-bond acceptors (Lipinski definition) is 1. The molecule has 1 nitrogen and oxygen atoms in total. The lowest BCUT2D eigenvalue weighted by Crippen LogP contribution is -2.36. The molecule has 0 aromatic carbocycles. The predicted molar refractivity (Wildman–Crippen MR) is 123 cm³/mol. The Hall–Kier alpha value is 0.250. The van der Waals surface area contributed by atoms with Gasteiger partial charge in [0.1, 0.15) is 0 Å². The van der Waals surface area contributed by atoms with E-state index in [4.69, 9.17) is 11.6 Å². The van der Waals surface area contributed by atoms with Crippen molar-refractivity contribution in [3.05, 3.63) is 0 Å². The zero-order valence-electron chi connectivity index (χ0n) is 19.1. The molecule has 0 aliphatic carbocycles. The summed E-state index contributed by atoms with van der Waals surface area (Å²) in [4.78, 5) is -0.0434. The normalized spacial score (nSPS) is 14.1. The van der Waals surface area contributed by atoms with Crippen LogP contribution in [0.2, 0.25) is 0 Å². The van der Waals surface area contributed by atoms with Crippen LogP contribution >= 0.6 is 11.6 Å². The predicted octanol–water partition coefficient (Wildman–Crippen LogP) is 9.84. The van der Waals surface area contributed by atoms with Gasteiger partial charge in [-0.1, -0.05) is 124 Å². The maximum absolute atomic E-state index is 6.79. The Kier molecular flexibility index (Phi) is 19.0. The smallest absolute Gasteiger partial charge is 0.0469 e. The second kappa shape index (κ2) is 17.4. The summed E-state index contributed by atoms with van der Waals surface area (Å²) in [6.45, 7) is 11.5. The van der Waals surface area contributed by atoms with Crippen LogP contribution in [-0.2, 0) is 0 Å². The first-order valence-corrected chi connectivity index (χ1v) is 11.9. The van der Waals surface area contributed by atoms with Gasteiger partial charge >= 0.3 is 0 Å². The van der Waals surface area contributed by atoms with Crippen molar-refractivity contribution in [2.24, 2.45) is 5.41 Å². The van der Waals surface area contributed by atoms with Gasteiger partial charge in [-0.25, -0.2) is 0 Å². The van der Waals surface area contributed by atoms with E-state index in [9.17, 15) is 0 Å². The van der Waals surface area contributed by atoms with Crippen LogP contribution < -0.4 is 6.15 Å². The van der Waals surface area contributed by atoms with Gasteiger partial charge in [0.15, 0.2) is 0 Å². The number of rotatable bonds is 18. The number of hydrogen-bond donors (Lipinski definition) is 1. The molecule has 0 radical (unpaired) electrons. The summed E-state index contributed by atoms with van der Waals surface area (Å²) in [6.07, 6.45) is 23.6. The van der Waals surface area contributed by atoms with Crippen LogP contribution in [0.3, 0.4) is 0 Å². The summed E-state index contributed by atoms with van der Waals surface area (Å²) >= 11 is 6.79. The van der Waals surface area contributed by atoms with Gasteiger partial charge < -0.3 is 6.15 Å². The lowest BCUT2D eigenvalue weighted by Gasteiger charge is -2.40. The van der Waals surface area contributed by atoms with Crippen molar-refractivity contribution in [1.82, 2.24) is 6.15 Å². The van der Waals surface area contributed by atoms with Crippen molar-refractivity contribution in [1.29, 1.82) is 0 Å². The molecule has 0 aromatic heterocycles. The molecule has 0 aromatic rings. The molecule has 0 saturated carbocycles. The molecule has 3 N–H and O–H groups in total. The van der Waals surface area contributed by atoms with Gasteiger partial charge in [-0.05, 0) is 25.2 Å². The molecule has 160 valence electrons. The summed E-state index contributed by atoms with van der Waals surface area (Å²) in [6, 6.07) is 0. The SMILES string of the molecule is CCCCCCCCCCCCCCCCC(C)(C)C(C)(Cl)CCC.N. The van der Waals surface area contributed by atoms with E-state index in [-0.39, 0.29) is 16.4 Å². The Morgan fingerprint density at radius 3 is 1.19 bits per heavy atom. The second-order valence-electron chi connectivity index (χ2n) is 9.18. The Morgan fingerprint density at radius 1 is 0.500 bits per heavy atom. The molecule has 1 atom stereocenters. The maximum Gasteiger partial charge on any atom is 0.0469 e. The first-order chi connectivity index (χ1) is 11.9. The van der Waals surface area contributed by atoms with Gasteiger partial charge in [-0.3, -0.25) is 0 Å². The average Bonchev–Trinajstić information content (AvgIpc) is 2.55. The van der Waals surface area contributed by atoms with E-state index in [1.807, 2.05) is 0 Å². The van der Waals surface area contributed by atoms with E-state index >= 15 is 0 Å². The van der Waals surface area contributed by atoms with Crippen molar-refractivity contribution < 1.29 is 0 Å². The molecule has 2 heteroatoms. The molecule has 0 fully saturated rings. The summed E-state index contributed by atoms with van der Waals surface area (Å²) in [5, 5.41) is 0. The maximum atomic E-state index is 6.79. The quantitative estimate of drug-likeness (QED) is 0.183. The third-order valence-electron chi connectivity index (χ3n) is 6.29. The van der Waals surface area contributed by atoms with Crippen LogP contribution in [0, 0.1) is 5.41 Å². The minimum atomic E-state index is -0.0434. The van der Waals surface area contributed by atoms with Crippen LogP contribution in [0.15, 0.2) is 0 Å². The fraction of sp³-hybridized carbons (Fsp3) is 1.00. The summed E-state index contributed by atoms with van der Waals surface area (Å²) < 4.78 is 0. The topological polar surface area (TPSA) is 35.0 Å². The molecule has 0 spiro atoms. The average molecular weight is 390 g/mol. The van der Waals surface area contributed by atoms with Crippen LogP contribution in [0.1, 0.15) is 144 Å². The van der Waals surface area contributed by atoms with Crippen molar-refractivity contribution in [2.45, 2.75) is 149 Å². The van der Waals surface area contributed by atoms with Crippen LogP contribution in [0.4, 0.5) is 0 Å². The van der Waals surface area contributed by atoms with Gasteiger partial charge in [-0.15, -0.1) is 11.6 Å². The van der Waals surface area contributed by atoms with Gasteiger partial charge in [0, 0.05) is 4.87 Å². The Balaban J connectivity index is 0. The van der Waals surface area contributed by atoms with Crippen molar-refractivity contribution in [3.8, 4) is 0 Å². The molecule has 1 unspecified atom stereocenters. The summed E-state index contributed by atoms with van der Waals surface area (Å²) in [5.41, 5.74) is 0.252. The van der Waals surface area contributed by atoms with Gasteiger partial charge in [0.2, 0.25) is 0 Å². The Labute approximate surface area is 172 Å². The lowest BCUT2D eigenvalue weighted by molar-refractivity contribution is 0.218. The minimum absolute atomic E-state index is 0. The first kappa shape index (κ1) is 28.5. The largest absolute Gasteiger partial charge is 0.344 e. The molecule has 0 heterocycles. The third kappa shape index (κ3) is 14.3. The summed E-state index contributed by atoms with van der Waals surface area (Å²) in [7, 11) is 0. The van der Waals surface area contributed by atoms with E-state index in [2.05, 4.69) is 34.6 Å². The van der Waals surface area contributed by atoms with E-state index < -0.39 is 0 Å². The number of halogens is 1. The summed E-state index contributed by atoms with van der Waals surface area (Å²) in [5.74, 6) is 0. The van der Waals surface area contributed by atoms with E-state index in [0.29, 0.717) is 0 Å². The number of alkyl halides is 1.